The Bertz CT molecular complexity index is 949. The summed E-state index contributed by atoms with van der Waals surface area (Å²) < 4.78 is 3.94. The van der Waals surface area contributed by atoms with Crippen molar-refractivity contribution in [2.75, 3.05) is 0 Å². The van der Waals surface area contributed by atoms with Crippen molar-refractivity contribution < 1.29 is 4.57 Å². The minimum absolute atomic E-state index is 0.912. The second kappa shape index (κ2) is 6.20. The van der Waals surface area contributed by atoms with E-state index in [0.29, 0.717) is 0 Å². The number of aryl methyl sites for hydroxylation is 1. The van der Waals surface area contributed by atoms with Crippen LogP contribution in [-0.4, -0.2) is 9.55 Å². The topological polar surface area (TPSA) is 24.6 Å². The molecule has 4 aromatic rings. The molecule has 0 amide bonds. The molecule has 3 nitrogen and oxygen atoms in total. The van der Waals surface area contributed by atoms with Gasteiger partial charge in [-0.05, 0) is 41.3 Å². The van der Waals surface area contributed by atoms with Crippen LogP contribution in [-0.2, 0) is 13.5 Å². The summed E-state index contributed by atoms with van der Waals surface area (Å²) in [7, 11) is 1.98. The molecule has 0 bridgehead atoms. The largest absolute Gasteiger partial charge is 0.361 e. The highest BCUT2D eigenvalue weighted by molar-refractivity contribution is 5.60. The molecule has 3 heteroatoms. The van der Waals surface area contributed by atoms with E-state index in [9.17, 15) is 0 Å². The highest BCUT2D eigenvalue weighted by Crippen LogP contribution is 2.20. The third-order valence-electron chi connectivity index (χ3n) is 4.14. The van der Waals surface area contributed by atoms with Crippen LogP contribution in [0.5, 0.6) is 0 Å². The lowest BCUT2D eigenvalue weighted by Crippen LogP contribution is -2.24. The van der Waals surface area contributed by atoms with Gasteiger partial charge in [0, 0.05) is 24.3 Å². The van der Waals surface area contributed by atoms with Crippen LogP contribution in [0.2, 0.25) is 0 Å². The van der Waals surface area contributed by atoms with Gasteiger partial charge in [0.15, 0.2) is 0 Å². The van der Waals surface area contributed by atoms with Crippen molar-refractivity contribution >= 4 is 0 Å². The fraction of sp³-hybridized carbons (Fsp3) is 0.0952. The zero-order valence-electron chi connectivity index (χ0n) is 13.6. The maximum Gasteiger partial charge on any atom is 0.243 e. The Morgan fingerprint density at radius 1 is 1.00 bits per heavy atom. The maximum atomic E-state index is 3.27. The maximum absolute atomic E-state index is 3.27. The highest BCUT2D eigenvalue weighted by atomic mass is 15.1. The predicted molar refractivity (Wildman–Crippen MR) is 94.8 cm³/mol. The van der Waals surface area contributed by atoms with Crippen molar-refractivity contribution in [2.24, 2.45) is 7.05 Å². The molecule has 0 saturated heterocycles. The van der Waals surface area contributed by atoms with Gasteiger partial charge in [-0.2, -0.15) is 0 Å². The molecule has 0 aliphatic heterocycles. The third-order valence-corrected chi connectivity index (χ3v) is 4.14. The number of benzene rings is 2. The van der Waals surface area contributed by atoms with Crippen molar-refractivity contribution in [3.8, 4) is 16.9 Å². The van der Waals surface area contributed by atoms with Gasteiger partial charge >= 0.3 is 0 Å². The Labute approximate surface area is 141 Å². The summed E-state index contributed by atoms with van der Waals surface area (Å²) >= 11 is 0. The molecule has 0 radical (unpaired) electrons. The molecule has 2 aromatic carbocycles. The summed E-state index contributed by atoms with van der Waals surface area (Å²) in [4.78, 5) is 3.27. The summed E-state index contributed by atoms with van der Waals surface area (Å²) in [6.07, 6.45) is 10.1. The fourth-order valence-corrected chi connectivity index (χ4v) is 2.96. The molecular weight excluding hydrogens is 294 g/mol. The summed E-state index contributed by atoms with van der Waals surface area (Å²) in [6, 6.07) is 21.4. The smallest absolute Gasteiger partial charge is 0.243 e. The van der Waals surface area contributed by atoms with E-state index in [1.165, 1.54) is 16.7 Å². The van der Waals surface area contributed by atoms with E-state index in [0.717, 1.165) is 17.8 Å². The van der Waals surface area contributed by atoms with E-state index in [-0.39, 0.29) is 0 Å². The Hall–Kier alpha value is -3.07. The third kappa shape index (κ3) is 3.01. The Kier molecular flexibility index (Phi) is 3.75. The molecule has 2 heterocycles. The summed E-state index contributed by atoms with van der Waals surface area (Å²) in [5.74, 6) is 0. The number of hydrogen-bond acceptors (Lipinski definition) is 0. The Balaban J connectivity index is 1.61. The van der Waals surface area contributed by atoms with Crippen molar-refractivity contribution in [3.05, 3.63) is 96.7 Å². The molecular formula is C21H19N3. The molecule has 0 fully saturated rings. The average Bonchev–Trinajstić information content (AvgIpc) is 3.27. The predicted octanol–water partition coefficient (Wildman–Crippen LogP) is 3.69. The molecule has 0 aliphatic rings. The van der Waals surface area contributed by atoms with Gasteiger partial charge < -0.3 is 14.1 Å². The monoisotopic (exact) mass is 313 g/mol. The number of rotatable bonds is 4. The first kappa shape index (κ1) is 14.5. The number of H-pyrrole nitrogens is 1. The van der Waals surface area contributed by atoms with E-state index >= 15 is 0 Å². The number of nitrogens with zero attached hydrogens (tertiary/aromatic N) is 2. The van der Waals surface area contributed by atoms with Gasteiger partial charge in [0.25, 0.3) is 0 Å². The minimum Gasteiger partial charge on any atom is -0.361 e. The SMILES string of the molecule is C[n+]1[c-]n(-c2cccc(Cc3cccc(-c4ccc[nH]4)c3)c2)cc1. The first-order valence-corrected chi connectivity index (χ1v) is 8.06. The first-order valence-electron chi connectivity index (χ1n) is 8.06. The summed E-state index contributed by atoms with van der Waals surface area (Å²) in [5.41, 5.74) is 6.11. The highest BCUT2D eigenvalue weighted by Gasteiger charge is 2.03. The van der Waals surface area contributed by atoms with Crippen LogP contribution in [0.4, 0.5) is 0 Å². The lowest BCUT2D eigenvalue weighted by Gasteiger charge is -2.08. The van der Waals surface area contributed by atoms with Gasteiger partial charge in [-0.25, -0.2) is 0 Å². The molecule has 0 atom stereocenters. The van der Waals surface area contributed by atoms with Gasteiger partial charge in [0.1, 0.15) is 0 Å². The second-order valence-corrected chi connectivity index (χ2v) is 6.01. The second-order valence-electron chi connectivity index (χ2n) is 6.01. The van der Waals surface area contributed by atoms with Crippen molar-refractivity contribution in [1.82, 2.24) is 9.55 Å². The minimum atomic E-state index is 0.912. The van der Waals surface area contributed by atoms with E-state index < -0.39 is 0 Å². The van der Waals surface area contributed by atoms with Gasteiger partial charge in [-0.15, -0.1) is 0 Å². The molecule has 0 spiro atoms. The number of hydrogen-bond donors (Lipinski definition) is 1. The molecule has 1 N–H and O–H groups in total. The normalized spacial score (nSPS) is 10.9. The number of aromatic amines is 1. The van der Waals surface area contributed by atoms with Gasteiger partial charge in [0.2, 0.25) is 6.33 Å². The van der Waals surface area contributed by atoms with Crippen molar-refractivity contribution in [1.29, 1.82) is 0 Å². The van der Waals surface area contributed by atoms with Crippen LogP contribution < -0.4 is 4.57 Å². The lowest BCUT2D eigenvalue weighted by atomic mass is 10.0. The van der Waals surface area contributed by atoms with Crippen LogP contribution in [0.3, 0.4) is 0 Å². The average molecular weight is 313 g/mol. The molecule has 24 heavy (non-hydrogen) atoms. The summed E-state index contributed by atoms with van der Waals surface area (Å²) in [6.45, 7) is 0. The zero-order chi connectivity index (χ0) is 16.4. The summed E-state index contributed by atoms with van der Waals surface area (Å²) in [5, 5.41) is 0. The van der Waals surface area contributed by atoms with E-state index in [1.54, 1.807) is 0 Å². The Morgan fingerprint density at radius 2 is 1.83 bits per heavy atom. The first-order chi connectivity index (χ1) is 11.8. The van der Waals surface area contributed by atoms with Crippen molar-refractivity contribution in [3.63, 3.8) is 0 Å². The lowest BCUT2D eigenvalue weighted by molar-refractivity contribution is -0.674. The van der Waals surface area contributed by atoms with Crippen LogP contribution >= 0.6 is 0 Å². The number of nitrogens with one attached hydrogen (secondary N) is 1. The molecule has 0 aliphatic carbocycles. The Morgan fingerprint density at radius 3 is 2.58 bits per heavy atom. The van der Waals surface area contributed by atoms with Gasteiger partial charge in [0.05, 0.1) is 12.7 Å². The molecule has 2 aromatic heterocycles. The molecule has 0 unspecified atom stereocenters. The number of imidazole rings is 1. The van der Waals surface area contributed by atoms with Crippen molar-refractivity contribution in [2.45, 2.75) is 6.42 Å². The van der Waals surface area contributed by atoms with E-state index in [4.69, 9.17) is 0 Å². The van der Waals surface area contributed by atoms with Crippen LogP contribution in [0, 0.1) is 6.33 Å². The number of aromatic nitrogens is 3. The van der Waals surface area contributed by atoms with E-state index in [1.807, 2.05) is 40.8 Å². The van der Waals surface area contributed by atoms with E-state index in [2.05, 4.69) is 65.9 Å². The zero-order valence-corrected chi connectivity index (χ0v) is 13.6. The van der Waals surface area contributed by atoms with Crippen LogP contribution in [0.1, 0.15) is 11.1 Å². The van der Waals surface area contributed by atoms with Gasteiger partial charge in [-0.3, -0.25) is 0 Å². The molecule has 0 saturated carbocycles. The fourth-order valence-electron chi connectivity index (χ4n) is 2.96. The standard InChI is InChI=1S/C21H19N3/c1-23-11-12-24(16-23)20-8-3-6-18(15-20)13-17-5-2-7-19(14-17)21-9-4-10-22-21/h2-12,14-15,22H,13H2,1H3. The molecule has 4 rings (SSSR count). The van der Waals surface area contributed by atoms with Crippen LogP contribution in [0.25, 0.3) is 16.9 Å². The van der Waals surface area contributed by atoms with Gasteiger partial charge in [-0.1, -0.05) is 42.5 Å². The van der Waals surface area contributed by atoms with Crippen LogP contribution in [0.15, 0.2) is 79.3 Å². The quantitative estimate of drug-likeness (QED) is 0.439. The molecule has 118 valence electrons.